The number of thiophene rings is 1. The molecule has 0 spiro atoms. The Morgan fingerprint density at radius 3 is 2.74 bits per heavy atom. The lowest BCUT2D eigenvalue weighted by molar-refractivity contribution is 0.0252. The van der Waals surface area contributed by atoms with Gasteiger partial charge < -0.3 is 10.1 Å². The summed E-state index contributed by atoms with van der Waals surface area (Å²) in [5.74, 6) is -0.459. The van der Waals surface area contributed by atoms with Gasteiger partial charge in [0.15, 0.2) is 0 Å². The molecule has 3 aromatic rings. The van der Waals surface area contributed by atoms with Gasteiger partial charge in [0.1, 0.15) is 6.10 Å². The molecule has 0 saturated carbocycles. The SMILES string of the molecule is O=C(NCCc1cccs1)c1ccc2c(c1)C[C@H](c1ccccc1)OC2=O. The van der Waals surface area contributed by atoms with Crippen LogP contribution in [0.3, 0.4) is 0 Å². The van der Waals surface area contributed by atoms with Crippen LogP contribution < -0.4 is 5.32 Å². The Labute approximate surface area is 161 Å². The maximum atomic E-state index is 12.5. The molecule has 0 radical (unpaired) electrons. The van der Waals surface area contributed by atoms with Gasteiger partial charge in [-0.25, -0.2) is 4.79 Å². The van der Waals surface area contributed by atoms with Gasteiger partial charge >= 0.3 is 5.97 Å². The van der Waals surface area contributed by atoms with Crippen LogP contribution in [-0.2, 0) is 17.6 Å². The van der Waals surface area contributed by atoms with Crippen LogP contribution in [0.5, 0.6) is 0 Å². The van der Waals surface area contributed by atoms with E-state index in [4.69, 9.17) is 4.74 Å². The summed E-state index contributed by atoms with van der Waals surface area (Å²) in [5.41, 5.74) is 2.92. The minimum absolute atomic E-state index is 0.121. The fraction of sp³-hybridized carbons (Fsp3) is 0.182. The molecule has 1 amide bonds. The number of fused-ring (bicyclic) bond motifs is 1. The molecular weight excluding hydrogens is 358 g/mol. The molecule has 1 N–H and O–H groups in total. The van der Waals surface area contributed by atoms with E-state index < -0.39 is 0 Å². The van der Waals surface area contributed by atoms with Gasteiger partial charge in [0.05, 0.1) is 5.56 Å². The van der Waals surface area contributed by atoms with Gasteiger partial charge in [-0.2, -0.15) is 0 Å². The average Bonchev–Trinajstić information content (AvgIpc) is 3.21. The van der Waals surface area contributed by atoms with Crippen LogP contribution in [0.25, 0.3) is 0 Å². The highest BCUT2D eigenvalue weighted by Crippen LogP contribution is 2.31. The van der Waals surface area contributed by atoms with Crippen molar-refractivity contribution in [2.24, 2.45) is 0 Å². The molecule has 1 aliphatic rings. The van der Waals surface area contributed by atoms with E-state index in [-0.39, 0.29) is 18.0 Å². The number of carbonyl (C=O) groups is 2. The first-order valence-electron chi connectivity index (χ1n) is 8.90. The number of hydrogen-bond acceptors (Lipinski definition) is 4. The van der Waals surface area contributed by atoms with E-state index in [0.717, 1.165) is 17.5 Å². The van der Waals surface area contributed by atoms with E-state index in [1.54, 1.807) is 23.5 Å². The van der Waals surface area contributed by atoms with Gasteiger partial charge in [0.25, 0.3) is 5.91 Å². The van der Waals surface area contributed by atoms with Gasteiger partial charge in [-0.3, -0.25) is 4.79 Å². The highest BCUT2D eigenvalue weighted by atomic mass is 32.1. The Hall–Kier alpha value is -2.92. The molecule has 2 aromatic carbocycles. The normalized spacial score (nSPS) is 15.7. The van der Waals surface area contributed by atoms with Gasteiger partial charge in [-0.05, 0) is 47.2 Å². The highest BCUT2D eigenvalue weighted by Gasteiger charge is 2.28. The molecule has 4 rings (SSSR count). The molecule has 0 unspecified atom stereocenters. The number of hydrogen-bond donors (Lipinski definition) is 1. The molecule has 27 heavy (non-hydrogen) atoms. The fourth-order valence-electron chi connectivity index (χ4n) is 3.25. The average molecular weight is 377 g/mol. The van der Waals surface area contributed by atoms with Crippen molar-refractivity contribution in [2.75, 3.05) is 6.54 Å². The zero-order chi connectivity index (χ0) is 18.6. The smallest absolute Gasteiger partial charge is 0.339 e. The van der Waals surface area contributed by atoms with Crippen LogP contribution >= 0.6 is 11.3 Å². The Morgan fingerprint density at radius 2 is 1.96 bits per heavy atom. The van der Waals surface area contributed by atoms with Crippen LogP contribution in [0.4, 0.5) is 0 Å². The van der Waals surface area contributed by atoms with Crippen molar-refractivity contribution in [3.8, 4) is 0 Å². The van der Waals surface area contributed by atoms with Crippen molar-refractivity contribution in [2.45, 2.75) is 18.9 Å². The summed E-state index contributed by atoms with van der Waals surface area (Å²) < 4.78 is 5.57. The quantitative estimate of drug-likeness (QED) is 0.679. The van der Waals surface area contributed by atoms with E-state index in [1.807, 2.05) is 47.8 Å². The second-order valence-corrected chi connectivity index (χ2v) is 7.50. The molecule has 1 aliphatic heterocycles. The summed E-state index contributed by atoms with van der Waals surface area (Å²) in [7, 11) is 0. The zero-order valence-electron chi connectivity index (χ0n) is 14.7. The maximum absolute atomic E-state index is 12.5. The largest absolute Gasteiger partial charge is 0.454 e. The third-order valence-electron chi connectivity index (χ3n) is 4.65. The van der Waals surface area contributed by atoms with Gasteiger partial charge in [-0.15, -0.1) is 11.3 Å². The first-order chi connectivity index (χ1) is 13.2. The van der Waals surface area contributed by atoms with Crippen LogP contribution in [0.2, 0.25) is 0 Å². The molecule has 1 aromatic heterocycles. The van der Waals surface area contributed by atoms with Crippen LogP contribution in [0, 0.1) is 0 Å². The standard InChI is InChI=1S/C22H19NO3S/c24-21(23-11-10-18-7-4-12-27-18)16-8-9-19-17(13-16)14-20(26-22(19)25)15-5-2-1-3-6-15/h1-9,12-13,20H,10-11,14H2,(H,23,24)/t20-/m1/s1. The zero-order valence-corrected chi connectivity index (χ0v) is 15.5. The number of esters is 1. The summed E-state index contributed by atoms with van der Waals surface area (Å²) in [5, 5.41) is 4.98. The van der Waals surface area contributed by atoms with Crippen LogP contribution in [-0.4, -0.2) is 18.4 Å². The molecule has 0 bridgehead atoms. The molecule has 2 heterocycles. The Morgan fingerprint density at radius 1 is 1.11 bits per heavy atom. The Balaban J connectivity index is 1.47. The lowest BCUT2D eigenvalue weighted by atomic mass is 9.93. The van der Waals surface area contributed by atoms with Gasteiger partial charge in [0.2, 0.25) is 0 Å². The molecule has 5 heteroatoms. The van der Waals surface area contributed by atoms with Crippen LogP contribution in [0.15, 0.2) is 66.0 Å². The Kier molecular flexibility index (Phi) is 5.03. The minimum Gasteiger partial charge on any atom is -0.454 e. The fourth-order valence-corrected chi connectivity index (χ4v) is 3.96. The molecule has 4 nitrogen and oxygen atoms in total. The van der Waals surface area contributed by atoms with E-state index in [2.05, 4.69) is 11.4 Å². The third kappa shape index (κ3) is 3.93. The first-order valence-corrected chi connectivity index (χ1v) is 9.78. The molecule has 0 fully saturated rings. The second kappa shape index (κ2) is 7.76. The summed E-state index contributed by atoms with van der Waals surface area (Å²) in [4.78, 5) is 26.0. The predicted molar refractivity (Wildman–Crippen MR) is 105 cm³/mol. The summed E-state index contributed by atoms with van der Waals surface area (Å²) in [6, 6.07) is 18.9. The Bertz CT molecular complexity index is 951. The lowest BCUT2D eigenvalue weighted by Gasteiger charge is -2.25. The van der Waals surface area contributed by atoms with E-state index >= 15 is 0 Å². The molecule has 0 saturated heterocycles. The van der Waals surface area contributed by atoms with E-state index in [1.165, 1.54) is 4.88 Å². The minimum atomic E-state index is -0.338. The first kappa shape index (κ1) is 17.5. The number of ether oxygens (including phenoxy) is 1. The van der Waals surface area contributed by atoms with Crippen molar-refractivity contribution >= 4 is 23.2 Å². The number of rotatable bonds is 5. The number of benzene rings is 2. The lowest BCUT2D eigenvalue weighted by Crippen LogP contribution is -2.27. The highest BCUT2D eigenvalue weighted by molar-refractivity contribution is 7.09. The van der Waals surface area contributed by atoms with Crippen molar-refractivity contribution in [3.63, 3.8) is 0 Å². The van der Waals surface area contributed by atoms with Crippen molar-refractivity contribution in [1.82, 2.24) is 5.32 Å². The topological polar surface area (TPSA) is 55.4 Å². The van der Waals surface area contributed by atoms with E-state index in [9.17, 15) is 9.59 Å². The molecule has 0 aliphatic carbocycles. The monoisotopic (exact) mass is 377 g/mol. The number of amides is 1. The predicted octanol–water partition coefficient (Wildman–Crippen LogP) is 4.17. The maximum Gasteiger partial charge on any atom is 0.339 e. The van der Waals surface area contributed by atoms with Crippen molar-refractivity contribution in [1.29, 1.82) is 0 Å². The number of nitrogens with one attached hydrogen (secondary N) is 1. The number of cyclic esters (lactones) is 1. The number of carbonyl (C=O) groups excluding carboxylic acids is 2. The third-order valence-corrected chi connectivity index (χ3v) is 5.59. The second-order valence-electron chi connectivity index (χ2n) is 6.47. The van der Waals surface area contributed by atoms with Crippen molar-refractivity contribution in [3.05, 3.63) is 93.2 Å². The molecule has 1 atom stereocenters. The molecule has 136 valence electrons. The summed E-state index contributed by atoms with van der Waals surface area (Å²) in [6.45, 7) is 0.588. The van der Waals surface area contributed by atoms with E-state index in [0.29, 0.717) is 24.1 Å². The summed E-state index contributed by atoms with van der Waals surface area (Å²) >= 11 is 1.68. The molecular formula is C22H19NO3S. The van der Waals surface area contributed by atoms with Gasteiger partial charge in [-0.1, -0.05) is 36.4 Å². The van der Waals surface area contributed by atoms with Crippen molar-refractivity contribution < 1.29 is 14.3 Å². The van der Waals surface area contributed by atoms with Gasteiger partial charge in [0, 0.05) is 23.4 Å². The van der Waals surface area contributed by atoms with Crippen LogP contribution in [0.1, 0.15) is 42.8 Å². The summed E-state index contributed by atoms with van der Waals surface area (Å²) in [6.07, 6.45) is 1.07.